The first-order valence-electron chi connectivity index (χ1n) is 7.11. The van der Waals surface area contributed by atoms with Gasteiger partial charge in [-0.3, -0.25) is 14.9 Å². The molecule has 1 aliphatic carbocycles. The molecule has 0 bridgehead atoms. The highest BCUT2D eigenvalue weighted by molar-refractivity contribution is 5.95. The van der Waals surface area contributed by atoms with Crippen LogP contribution in [0.25, 0.3) is 0 Å². The van der Waals surface area contributed by atoms with E-state index >= 15 is 0 Å². The second-order valence-electron chi connectivity index (χ2n) is 5.88. The lowest BCUT2D eigenvalue weighted by Crippen LogP contribution is -2.29. The number of rotatable bonds is 4. The Hall–Kier alpha value is -1.98. The van der Waals surface area contributed by atoms with Crippen molar-refractivity contribution in [1.82, 2.24) is 5.32 Å². The molecule has 0 heterocycles. The average Bonchev–Trinajstić information content (AvgIpc) is 2.84. The van der Waals surface area contributed by atoms with Crippen molar-refractivity contribution in [2.45, 2.75) is 33.1 Å². The Labute approximate surface area is 122 Å². The fraction of sp³-hybridized carbons (Fsp3) is 0.533. The molecule has 5 nitrogen and oxygen atoms in total. The summed E-state index contributed by atoms with van der Waals surface area (Å²) in [4.78, 5) is 22.2. The molecule has 1 aliphatic rings. The monoisotopic (exact) mass is 294 g/mol. The van der Waals surface area contributed by atoms with Crippen molar-refractivity contribution in [1.29, 1.82) is 0 Å². The lowest BCUT2D eigenvalue weighted by Gasteiger charge is -2.12. The SMILES string of the molecule is Cc1cc([N+](=O)[O-])cc(C(=O)NCC2CCC(C)C2)c1F. The van der Waals surface area contributed by atoms with E-state index in [1.165, 1.54) is 6.92 Å². The van der Waals surface area contributed by atoms with Crippen molar-refractivity contribution >= 4 is 11.6 Å². The number of aryl methyl sites for hydroxylation is 1. The molecule has 0 radical (unpaired) electrons. The van der Waals surface area contributed by atoms with E-state index in [1.807, 2.05) is 0 Å². The Balaban J connectivity index is 2.09. The zero-order valence-electron chi connectivity index (χ0n) is 12.2. The molecule has 1 amide bonds. The Morgan fingerprint density at radius 3 is 2.76 bits per heavy atom. The standard InChI is InChI=1S/C15H19FN2O3/c1-9-3-4-11(5-9)8-17-15(19)13-7-12(18(20)21)6-10(2)14(13)16/h6-7,9,11H,3-5,8H2,1-2H3,(H,17,19). The molecule has 0 aliphatic heterocycles. The van der Waals surface area contributed by atoms with E-state index in [9.17, 15) is 19.3 Å². The predicted molar refractivity (Wildman–Crippen MR) is 76.6 cm³/mol. The Kier molecular flexibility index (Phi) is 4.55. The zero-order chi connectivity index (χ0) is 15.6. The van der Waals surface area contributed by atoms with Crippen LogP contribution in [0, 0.1) is 34.7 Å². The molecule has 2 atom stereocenters. The average molecular weight is 294 g/mol. The number of amides is 1. The molecule has 0 spiro atoms. The molecule has 6 heteroatoms. The van der Waals surface area contributed by atoms with Gasteiger partial charge in [0.25, 0.3) is 11.6 Å². The third kappa shape index (κ3) is 3.56. The fourth-order valence-corrected chi connectivity index (χ4v) is 2.86. The lowest BCUT2D eigenvalue weighted by molar-refractivity contribution is -0.385. The maximum absolute atomic E-state index is 14.0. The summed E-state index contributed by atoms with van der Waals surface area (Å²) in [5.41, 5.74) is -0.426. The molecule has 2 unspecified atom stereocenters. The van der Waals surface area contributed by atoms with Crippen LogP contribution < -0.4 is 5.32 Å². The van der Waals surface area contributed by atoms with Crippen LogP contribution in [0.4, 0.5) is 10.1 Å². The molecule has 0 saturated heterocycles. The quantitative estimate of drug-likeness (QED) is 0.684. The number of carbonyl (C=O) groups excluding carboxylic acids is 1. The summed E-state index contributed by atoms with van der Waals surface area (Å²) in [5.74, 6) is -0.216. The van der Waals surface area contributed by atoms with Crippen molar-refractivity contribution in [3.05, 3.63) is 39.2 Å². The second kappa shape index (κ2) is 6.20. The van der Waals surface area contributed by atoms with Crippen LogP contribution in [-0.4, -0.2) is 17.4 Å². The molecule has 1 aromatic rings. The van der Waals surface area contributed by atoms with Gasteiger partial charge in [0.15, 0.2) is 0 Å². The number of nitro benzene ring substituents is 1. The molecular formula is C15H19FN2O3. The van der Waals surface area contributed by atoms with Gasteiger partial charge < -0.3 is 5.32 Å². The molecule has 21 heavy (non-hydrogen) atoms. The normalized spacial score (nSPS) is 21.3. The number of nitrogens with one attached hydrogen (secondary N) is 1. The minimum absolute atomic E-state index is 0.101. The third-order valence-electron chi connectivity index (χ3n) is 4.05. The lowest BCUT2D eigenvalue weighted by atomic mass is 10.1. The second-order valence-corrected chi connectivity index (χ2v) is 5.88. The summed E-state index contributed by atoms with van der Waals surface area (Å²) in [6.45, 7) is 4.08. The minimum atomic E-state index is -0.696. The van der Waals surface area contributed by atoms with Crippen LogP contribution >= 0.6 is 0 Å². The van der Waals surface area contributed by atoms with Crippen molar-refractivity contribution in [2.75, 3.05) is 6.54 Å². The van der Waals surface area contributed by atoms with Gasteiger partial charge in [-0.25, -0.2) is 4.39 Å². The number of hydrogen-bond donors (Lipinski definition) is 1. The number of nitrogens with zero attached hydrogens (tertiary/aromatic N) is 1. The van der Waals surface area contributed by atoms with Crippen molar-refractivity contribution in [3.63, 3.8) is 0 Å². The number of non-ortho nitro benzene ring substituents is 1. The Morgan fingerprint density at radius 1 is 1.48 bits per heavy atom. The molecule has 1 N–H and O–H groups in total. The number of nitro groups is 1. The highest BCUT2D eigenvalue weighted by Gasteiger charge is 2.23. The first-order valence-corrected chi connectivity index (χ1v) is 7.11. The van der Waals surface area contributed by atoms with E-state index in [-0.39, 0.29) is 16.8 Å². The van der Waals surface area contributed by atoms with E-state index in [1.54, 1.807) is 0 Å². The molecule has 1 fully saturated rings. The molecule has 0 aromatic heterocycles. The van der Waals surface area contributed by atoms with Crippen LogP contribution in [0.5, 0.6) is 0 Å². The first kappa shape index (κ1) is 15.4. The van der Waals surface area contributed by atoms with Gasteiger partial charge in [0.1, 0.15) is 5.82 Å². The minimum Gasteiger partial charge on any atom is -0.352 e. The van der Waals surface area contributed by atoms with Gasteiger partial charge in [0.2, 0.25) is 0 Å². The van der Waals surface area contributed by atoms with Crippen LogP contribution in [0.3, 0.4) is 0 Å². The summed E-state index contributed by atoms with van der Waals surface area (Å²) in [5, 5.41) is 13.5. The summed E-state index contributed by atoms with van der Waals surface area (Å²) in [7, 11) is 0. The first-order chi connectivity index (χ1) is 9.88. The van der Waals surface area contributed by atoms with E-state index < -0.39 is 16.6 Å². The van der Waals surface area contributed by atoms with Gasteiger partial charge in [-0.2, -0.15) is 0 Å². The van der Waals surface area contributed by atoms with Crippen LogP contribution in [0.15, 0.2) is 12.1 Å². The van der Waals surface area contributed by atoms with Crippen molar-refractivity contribution < 1.29 is 14.1 Å². The van der Waals surface area contributed by atoms with Gasteiger partial charge in [-0.05, 0) is 37.2 Å². The highest BCUT2D eigenvalue weighted by atomic mass is 19.1. The van der Waals surface area contributed by atoms with E-state index in [0.717, 1.165) is 31.4 Å². The number of benzene rings is 1. The maximum Gasteiger partial charge on any atom is 0.270 e. The van der Waals surface area contributed by atoms with Gasteiger partial charge >= 0.3 is 0 Å². The number of hydrogen-bond acceptors (Lipinski definition) is 3. The topological polar surface area (TPSA) is 72.2 Å². The van der Waals surface area contributed by atoms with Crippen molar-refractivity contribution in [3.8, 4) is 0 Å². The van der Waals surface area contributed by atoms with Crippen molar-refractivity contribution in [2.24, 2.45) is 11.8 Å². The number of carbonyl (C=O) groups is 1. The smallest absolute Gasteiger partial charge is 0.270 e. The van der Waals surface area contributed by atoms with Gasteiger partial charge in [0, 0.05) is 18.7 Å². The number of halogens is 1. The highest BCUT2D eigenvalue weighted by Crippen LogP contribution is 2.29. The summed E-state index contributed by atoms with van der Waals surface area (Å²) in [6, 6.07) is 2.12. The largest absolute Gasteiger partial charge is 0.352 e. The molecular weight excluding hydrogens is 275 g/mol. The maximum atomic E-state index is 14.0. The third-order valence-corrected chi connectivity index (χ3v) is 4.05. The molecule has 114 valence electrons. The van der Waals surface area contributed by atoms with Gasteiger partial charge in [0.05, 0.1) is 10.5 Å². The van der Waals surface area contributed by atoms with Crippen LogP contribution in [0.1, 0.15) is 42.1 Å². The van der Waals surface area contributed by atoms with Gasteiger partial charge in [-0.15, -0.1) is 0 Å². The summed E-state index contributed by atoms with van der Waals surface area (Å²) >= 11 is 0. The van der Waals surface area contributed by atoms with Crippen LogP contribution in [0.2, 0.25) is 0 Å². The summed E-state index contributed by atoms with van der Waals surface area (Å²) in [6.07, 6.45) is 3.25. The Morgan fingerprint density at radius 2 is 2.19 bits per heavy atom. The van der Waals surface area contributed by atoms with E-state index in [4.69, 9.17) is 0 Å². The van der Waals surface area contributed by atoms with Crippen LogP contribution in [-0.2, 0) is 0 Å². The van der Waals surface area contributed by atoms with Gasteiger partial charge in [-0.1, -0.05) is 13.3 Å². The molecule has 2 rings (SSSR count). The van der Waals surface area contributed by atoms with E-state index in [0.29, 0.717) is 18.4 Å². The molecule has 1 aromatic carbocycles. The Bertz CT molecular complexity index is 574. The fourth-order valence-electron chi connectivity index (χ4n) is 2.86. The van der Waals surface area contributed by atoms with E-state index in [2.05, 4.69) is 12.2 Å². The molecule has 1 saturated carbocycles. The predicted octanol–water partition coefficient (Wildman–Crippen LogP) is 3.21. The zero-order valence-corrected chi connectivity index (χ0v) is 12.2. The summed E-state index contributed by atoms with van der Waals surface area (Å²) < 4.78 is 14.0.